The van der Waals surface area contributed by atoms with E-state index < -0.39 is 5.97 Å². The molecule has 2 aromatic heterocycles. The maximum Gasteiger partial charge on any atom is 0.344 e. The van der Waals surface area contributed by atoms with Crippen LogP contribution in [0.15, 0.2) is 39.3 Å². The summed E-state index contributed by atoms with van der Waals surface area (Å²) in [5.74, 6) is 0.610. The van der Waals surface area contributed by atoms with Crippen LogP contribution in [0.5, 0.6) is 0 Å². The standard InChI is InChI=1S/C28H24BrCl2FN4O3/c1-35-21-10-14(29)9-20(32)24(21)33-28(35)36-15-7-8-16(36)12-17(11-15)38-27(37)23-25(34-39-26(23)13-5-6-13)22-18(30)3-2-4-19(22)31/h2-4,9-10,13,15-17H,5-8,11-12H2,1H3. The van der Waals surface area contributed by atoms with E-state index in [4.69, 9.17) is 32.5 Å². The Morgan fingerprint density at radius 3 is 2.49 bits per heavy atom. The van der Waals surface area contributed by atoms with Crippen LogP contribution in [-0.4, -0.2) is 38.9 Å². The molecule has 0 N–H and O–H groups in total. The molecule has 2 saturated heterocycles. The molecule has 2 atom stereocenters. The van der Waals surface area contributed by atoms with Crippen molar-refractivity contribution in [2.75, 3.05) is 4.90 Å². The molecule has 7 rings (SSSR count). The molecule has 2 unspecified atom stereocenters. The normalized spacial score (nSPS) is 22.6. The molecule has 0 radical (unpaired) electrons. The summed E-state index contributed by atoms with van der Waals surface area (Å²) in [6.07, 6.45) is 4.81. The fraction of sp³-hybridized carbons (Fsp3) is 0.393. The van der Waals surface area contributed by atoms with E-state index in [1.165, 1.54) is 6.07 Å². The van der Waals surface area contributed by atoms with Gasteiger partial charge in [0.15, 0.2) is 11.6 Å². The van der Waals surface area contributed by atoms with Gasteiger partial charge in [-0.1, -0.05) is 50.4 Å². The van der Waals surface area contributed by atoms with Crippen LogP contribution in [0.3, 0.4) is 0 Å². The Morgan fingerprint density at radius 1 is 1.13 bits per heavy atom. The van der Waals surface area contributed by atoms with Crippen LogP contribution in [-0.2, 0) is 11.8 Å². The fourth-order valence-electron chi connectivity index (χ4n) is 6.21. The highest BCUT2D eigenvalue weighted by Crippen LogP contribution is 2.47. The number of imidazole rings is 1. The minimum Gasteiger partial charge on any atom is -0.458 e. The van der Waals surface area contributed by atoms with Gasteiger partial charge in [-0.2, -0.15) is 0 Å². The molecule has 2 aromatic carbocycles. The van der Waals surface area contributed by atoms with Gasteiger partial charge in [0, 0.05) is 47.9 Å². The Morgan fingerprint density at radius 2 is 1.82 bits per heavy atom. The molecule has 0 spiro atoms. The largest absolute Gasteiger partial charge is 0.458 e. The third kappa shape index (κ3) is 4.24. The Labute approximate surface area is 242 Å². The molecule has 39 heavy (non-hydrogen) atoms. The second kappa shape index (κ2) is 9.49. The monoisotopic (exact) mass is 632 g/mol. The number of esters is 1. The van der Waals surface area contributed by atoms with E-state index in [2.05, 4.69) is 31.0 Å². The number of rotatable bonds is 5. The fourth-order valence-corrected chi connectivity index (χ4v) is 7.21. The van der Waals surface area contributed by atoms with Gasteiger partial charge in [-0.25, -0.2) is 14.2 Å². The third-order valence-electron chi connectivity index (χ3n) is 8.15. The number of hydrogen-bond donors (Lipinski definition) is 0. The number of aryl methyl sites for hydroxylation is 1. The predicted molar refractivity (Wildman–Crippen MR) is 150 cm³/mol. The molecule has 2 aliphatic heterocycles. The summed E-state index contributed by atoms with van der Waals surface area (Å²) < 4.78 is 29.1. The zero-order chi connectivity index (χ0) is 27.0. The molecule has 1 saturated carbocycles. The van der Waals surface area contributed by atoms with Crippen LogP contribution in [0.1, 0.15) is 60.6 Å². The van der Waals surface area contributed by atoms with Crippen molar-refractivity contribution in [1.29, 1.82) is 0 Å². The Balaban J connectivity index is 1.16. The van der Waals surface area contributed by atoms with E-state index in [1.54, 1.807) is 18.2 Å². The van der Waals surface area contributed by atoms with Gasteiger partial charge < -0.3 is 18.7 Å². The molecule has 4 heterocycles. The average molecular weight is 634 g/mol. The van der Waals surface area contributed by atoms with Crippen molar-refractivity contribution < 1.29 is 18.4 Å². The van der Waals surface area contributed by atoms with Gasteiger partial charge in [0.25, 0.3) is 0 Å². The van der Waals surface area contributed by atoms with Gasteiger partial charge in [0.05, 0.1) is 15.6 Å². The second-order valence-electron chi connectivity index (χ2n) is 10.7. The number of ether oxygens (including phenoxy) is 1. The number of piperidine rings is 1. The summed E-state index contributed by atoms with van der Waals surface area (Å²) in [6.45, 7) is 0. The molecule has 202 valence electrons. The molecule has 2 bridgehead atoms. The van der Waals surface area contributed by atoms with E-state index in [0.29, 0.717) is 55.5 Å². The zero-order valence-electron chi connectivity index (χ0n) is 21.0. The molecular formula is C28H24BrCl2FN4O3. The van der Waals surface area contributed by atoms with E-state index in [1.807, 2.05) is 17.7 Å². The number of carbonyl (C=O) groups is 1. The highest BCUT2D eigenvalue weighted by Gasteiger charge is 2.45. The number of nitrogens with zero attached hydrogens (tertiary/aromatic N) is 4. The quantitative estimate of drug-likeness (QED) is 0.210. The molecule has 11 heteroatoms. The van der Waals surface area contributed by atoms with Crippen molar-refractivity contribution >= 4 is 62.1 Å². The number of carbonyl (C=O) groups excluding carboxylic acids is 1. The number of benzene rings is 2. The van der Waals surface area contributed by atoms with Crippen LogP contribution in [0.2, 0.25) is 10.0 Å². The van der Waals surface area contributed by atoms with Crippen LogP contribution < -0.4 is 4.90 Å². The maximum atomic E-state index is 14.6. The SMILES string of the molecule is Cn1c(N2C3CCC2CC(OC(=O)c2c(-c4c(Cl)cccc4Cl)noc2C2CC2)C3)nc2c(F)cc(Br)cc21. The molecule has 4 aromatic rings. The van der Waals surface area contributed by atoms with Crippen molar-refractivity contribution in [3.8, 4) is 11.3 Å². The smallest absolute Gasteiger partial charge is 0.344 e. The van der Waals surface area contributed by atoms with Crippen LogP contribution >= 0.6 is 39.1 Å². The lowest BCUT2D eigenvalue weighted by molar-refractivity contribution is 0.0201. The molecular weight excluding hydrogens is 610 g/mol. The highest BCUT2D eigenvalue weighted by molar-refractivity contribution is 9.10. The zero-order valence-corrected chi connectivity index (χ0v) is 24.1. The van der Waals surface area contributed by atoms with Gasteiger partial charge >= 0.3 is 5.97 Å². The van der Waals surface area contributed by atoms with Gasteiger partial charge in [-0.15, -0.1) is 0 Å². The number of hydrogen-bond acceptors (Lipinski definition) is 6. The third-order valence-corrected chi connectivity index (χ3v) is 9.23. The minimum atomic E-state index is -0.461. The van der Waals surface area contributed by atoms with E-state index in [0.717, 1.165) is 37.1 Å². The predicted octanol–water partition coefficient (Wildman–Crippen LogP) is 7.67. The number of anilines is 1. The Kier molecular flexibility index (Phi) is 6.17. The summed E-state index contributed by atoms with van der Waals surface area (Å²) in [7, 11) is 1.91. The van der Waals surface area contributed by atoms with Crippen molar-refractivity contribution in [2.24, 2.45) is 7.05 Å². The lowest BCUT2D eigenvalue weighted by Gasteiger charge is -2.39. The molecule has 3 aliphatic rings. The lowest BCUT2D eigenvalue weighted by atomic mass is 9.99. The maximum absolute atomic E-state index is 14.6. The topological polar surface area (TPSA) is 73.4 Å². The van der Waals surface area contributed by atoms with E-state index in [-0.39, 0.29) is 29.9 Å². The first-order chi connectivity index (χ1) is 18.8. The first-order valence-electron chi connectivity index (χ1n) is 13.0. The van der Waals surface area contributed by atoms with Gasteiger partial charge in [-0.05, 0) is 49.9 Å². The van der Waals surface area contributed by atoms with Crippen LogP contribution in [0.4, 0.5) is 10.3 Å². The Bertz CT molecular complexity index is 1600. The van der Waals surface area contributed by atoms with Crippen molar-refractivity contribution in [1.82, 2.24) is 14.7 Å². The van der Waals surface area contributed by atoms with E-state index in [9.17, 15) is 9.18 Å². The molecule has 1 aliphatic carbocycles. The van der Waals surface area contributed by atoms with Crippen molar-refractivity contribution in [3.05, 3.63) is 62.0 Å². The average Bonchev–Trinajstić information content (AvgIpc) is 3.48. The van der Waals surface area contributed by atoms with E-state index >= 15 is 0 Å². The number of halogens is 4. The summed E-state index contributed by atoms with van der Waals surface area (Å²) in [5.41, 5.74) is 2.20. The van der Waals surface area contributed by atoms with Gasteiger partial charge in [-0.3, -0.25) is 0 Å². The first kappa shape index (κ1) is 25.4. The molecule has 0 amide bonds. The second-order valence-corrected chi connectivity index (χ2v) is 12.4. The highest BCUT2D eigenvalue weighted by atomic mass is 79.9. The lowest BCUT2D eigenvalue weighted by Crippen LogP contribution is -2.47. The van der Waals surface area contributed by atoms with Crippen molar-refractivity contribution in [2.45, 2.75) is 62.6 Å². The van der Waals surface area contributed by atoms with Crippen molar-refractivity contribution in [3.63, 3.8) is 0 Å². The summed E-state index contributed by atoms with van der Waals surface area (Å²) >= 11 is 16.3. The summed E-state index contributed by atoms with van der Waals surface area (Å²) in [4.78, 5) is 20.6. The molecule has 3 fully saturated rings. The number of aromatic nitrogens is 3. The molecule has 7 nitrogen and oxygen atoms in total. The summed E-state index contributed by atoms with van der Waals surface area (Å²) in [6, 6.07) is 8.74. The minimum absolute atomic E-state index is 0.131. The van der Waals surface area contributed by atoms with Crippen LogP contribution in [0, 0.1) is 5.82 Å². The summed E-state index contributed by atoms with van der Waals surface area (Å²) in [5, 5.41) is 5.01. The number of fused-ring (bicyclic) bond motifs is 3. The van der Waals surface area contributed by atoms with Crippen LogP contribution in [0.25, 0.3) is 22.3 Å². The first-order valence-corrected chi connectivity index (χ1v) is 14.6. The van der Waals surface area contributed by atoms with Gasteiger partial charge in [0.1, 0.15) is 22.9 Å². The Hall–Kier alpha value is -2.62. The van der Waals surface area contributed by atoms with Gasteiger partial charge in [0.2, 0.25) is 5.95 Å².